The van der Waals surface area contributed by atoms with Gasteiger partial charge in [-0.25, -0.2) is 0 Å². The van der Waals surface area contributed by atoms with Gasteiger partial charge >= 0.3 is 0 Å². The molecule has 148 heavy (non-hydrogen) atoms. The molecule has 0 spiro atoms. The molecule has 0 unspecified atom stereocenters. The van der Waals surface area contributed by atoms with Gasteiger partial charge in [-0.15, -0.1) is 111 Å². The molecule has 20 heterocycles. The summed E-state index contributed by atoms with van der Waals surface area (Å²) in [4.78, 5) is 0. The predicted octanol–water partition coefficient (Wildman–Crippen LogP) is 42.4. The Bertz CT molecular complexity index is 3380. The molecule has 20 aliphatic heterocycles. The summed E-state index contributed by atoms with van der Waals surface area (Å²) in [6.45, 7) is 47.5. The molecular weight excluding hydrogens is 2250 g/mol. The molecule has 40 atom stereocenters. The van der Waals surface area contributed by atoms with Crippen LogP contribution in [0.5, 0.6) is 0 Å². The van der Waals surface area contributed by atoms with Gasteiger partial charge in [-0.05, 0) is 573 Å². The Balaban J connectivity index is 0.000000137. The molecule has 0 amide bonds. The zero-order chi connectivity index (χ0) is 103. The Kier molecular flexibility index (Phi) is 63.4. The van der Waals surface area contributed by atoms with Crippen LogP contribution in [0.1, 0.15) is 355 Å². The van der Waals surface area contributed by atoms with Crippen LogP contribution in [0, 0.1) is 0 Å². The van der Waals surface area contributed by atoms with Crippen LogP contribution in [-0.2, 0) is 55.9 Å². The fourth-order valence-corrected chi connectivity index (χ4v) is 94.3. The van der Waals surface area contributed by atoms with E-state index in [1.54, 1.807) is 352 Å². The fraction of sp³-hybridized carbons (Fsp3) is 0.903. The van der Waals surface area contributed by atoms with Crippen molar-refractivity contribution in [1.29, 1.82) is 0 Å². The second-order valence-corrected chi connectivity index (χ2v) is 104. The van der Waals surface area contributed by atoms with Gasteiger partial charge in [-0.3, -0.25) is 0 Å². The molecular formula is C124H228Fe2O2P20. The van der Waals surface area contributed by atoms with Crippen LogP contribution in [0.4, 0.5) is 0 Å². The van der Waals surface area contributed by atoms with Crippen LogP contribution in [-0.4, -0.2) is 358 Å². The van der Waals surface area contributed by atoms with Crippen molar-refractivity contribution in [2.24, 2.45) is 0 Å². The van der Waals surface area contributed by atoms with Crippen molar-refractivity contribution >= 4 is 158 Å². The molecule has 2 nitrogen and oxygen atoms in total. The summed E-state index contributed by atoms with van der Waals surface area (Å²) < 4.78 is 11.0. The Morgan fingerprint density at radius 2 is 0.358 bits per heavy atom. The average molecular weight is 2480 g/mol. The van der Waals surface area contributed by atoms with Crippen LogP contribution in [0.25, 0.3) is 0 Å². The van der Waals surface area contributed by atoms with Crippen molar-refractivity contribution in [2.75, 3.05) is 244 Å². The second kappa shape index (κ2) is 70.7. The molecule has 24 heteroatoms. The smallest absolute Gasteiger partial charge is 0.0660 e. The van der Waals surface area contributed by atoms with Crippen molar-refractivity contribution in [3.63, 3.8) is 0 Å². The molecule has 22 fully saturated rings. The van der Waals surface area contributed by atoms with E-state index in [1.165, 1.54) is 204 Å². The molecule has 2 aromatic carbocycles. The zero-order valence-electron chi connectivity index (χ0n) is 98.7. The average Bonchev–Trinajstić information content (AvgIpc) is 1.60. The minimum atomic E-state index is 0. The molecule has 0 aromatic heterocycles. The van der Waals surface area contributed by atoms with Crippen molar-refractivity contribution in [3.05, 3.63) is 70.8 Å². The summed E-state index contributed by atoms with van der Waals surface area (Å²) in [7, 11) is 7.76. The van der Waals surface area contributed by atoms with Gasteiger partial charge in [0.25, 0.3) is 0 Å². The largest absolute Gasteiger partial charge is 0.376 e. The minimum absolute atomic E-state index is 0. The quantitative estimate of drug-likeness (QED) is 0.156. The number of benzene rings is 2. The Morgan fingerprint density at radius 1 is 0.169 bits per heavy atom. The molecule has 18 saturated heterocycles. The first kappa shape index (κ1) is 133. The number of fused-ring (bicyclic) bond motifs is 2. The molecule has 2 aromatic rings. The third-order valence-electron chi connectivity index (χ3n) is 42.0. The maximum atomic E-state index is 5.51. The predicted molar refractivity (Wildman–Crippen MR) is 717 cm³/mol. The van der Waals surface area contributed by atoms with E-state index in [2.05, 4.69) is 168 Å². The van der Waals surface area contributed by atoms with Gasteiger partial charge in [0.2, 0.25) is 0 Å². The zero-order valence-corrected chi connectivity index (χ0v) is 119. The molecule has 24 aliphatic rings. The summed E-state index contributed by atoms with van der Waals surface area (Å²) in [5.41, 5.74) is 31.6. The summed E-state index contributed by atoms with van der Waals surface area (Å²) >= 11 is 0. The summed E-state index contributed by atoms with van der Waals surface area (Å²) in [5, 5.41) is 0. The van der Waals surface area contributed by atoms with E-state index in [9.17, 15) is 0 Å². The van der Waals surface area contributed by atoms with E-state index in [-0.39, 0.29) is 65.8 Å². The number of ether oxygens (including phenoxy) is 2. The third kappa shape index (κ3) is 38.5. The van der Waals surface area contributed by atoms with Gasteiger partial charge < -0.3 is 9.47 Å². The van der Waals surface area contributed by atoms with Crippen LogP contribution in [0.3, 0.4) is 0 Å². The van der Waals surface area contributed by atoms with Gasteiger partial charge in [0.05, 0.1) is 25.9 Å². The number of hydrogen-bond acceptors (Lipinski definition) is 2. The maximum absolute atomic E-state index is 5.51. The first-order chi connectivity index (χ1) is 71.0. The molecule has 0 N–H and O–H groups in total. The van der Waals surface area contributed by atoms with E-state index >= 15 is 0 Å². The monoisotopic (exact) mass is 2480 g/mol. The van der Waals surface area contributed by atoms with Gasteiger partial charge in [0.15, 0.2) is 0 Å². The molecule has 0 bridgehead atoms. The van der Waals surface area contributed by atoms with E-state index in [0.717, 1.165) is 48.5 Å². The first-order valence-corrected chi connectivity index (χ1v) is 103. The van der Waals surface area contributed by atoms with E-state index in [4.69, 9.17) is 9.47 Å². The van der Waals surface area contributed by atoms with E-state index < -0.39 is 0 Å². The Labute approximate surface area is 966 Å². The molecule has 4 saturated carbocycles. The molecule has 0 radical (unpaired) electrons. The SMILES string of the molecule is C1CCC([P@@]2CCC[C@@H]2[C@H]2CCC[P@]2C2CCCC2)C1.C1CCCC1.C1CCCC1.C[P@@]1CCCC[C@@H]1[C@H]1CCCC[P@]1C.C[P@@]1CCC[C@@H]1[C@H]1CCC[P@]1C.C[P@@]1CCC[C@@H]1[C@H]1CCC[P@]1C.C[P@@]1CCC[C@@H]1[C@H]1CCC[P@]1C.C[P@@]1CCC[C@@H]1[C@H]1CCC[P@]1C.C[P@@]1CCC[C@@H]1[C@H]1CCC[P@]1C.C[P@@]1CC[C@@H]1[C@H]1CC[P@]1C.C[P@@]1COC[C@@H]1[C@H]1COC[P@]1C.C[P@@]1Cc2ccccc2[C@@H]1[C@H]1c2ccccc2C[P@]1C.[Fe].[Fe]. The van der Waals surface area contributed by atoms with Crippen molar-refractivity contribution in [1.82, 2.24) is 0 Å². The van der Waals surface area contributed by atoms with Gasteiger partial charge in [0.1, 0.15) is 0 Å². The van der Waals surface area contributed by atoms with Gasteiger partial charge in [-0.2, -0.15) is 0 Å². The topological polar surface area (TPSA) is 18.5 Å². The van der Waals surface area contributed by atoms with Crippen LogP contribution >= 0.6 is 158 Å². The number of hydrogen-bond donors (Lipinski definition) is 0. The number of rotatable bonds is 12. The van der Waals surface area contributed by atoms with E-state index in [1.807, 2.05) is 0 Å². The molecule has 852 valence electrons. The standard InChI is InChI=1S/C18H20P2.C18H32P2.C12H24P2.5C10H20P2.C8H16O2P2.C8H16P2.2C5H10.2Fe/c1-19-11-13-7-3-5-9-15(13)17(19)18-16-10-6-4-8-14(16)12-20(18)2;1-2-8-15(7-1)19-13-5-11-17(19)18-12-6-14-20(18)16-9-3-4-10-16;1-13-9-5-3-7-11(13)12-8-4-6-10-14(12)2;5*1-11-7-3-5-9(11)10-6-4-8-12(10)2;1-11-5-9-3-7(11)8-4-10-6-12(8)2;1-9-5-3-7(9)8-4-6-10(8)2;2*1-2-4-5-3-1;;/h3-10,17-18H,11-12H2,1-2H3;15-18H,1-14H2;11-12H,3-10H2,1-2H3;5*9-10H,3-8H2,1-2H3;7-8H,3-6H2,1-2H3;7-8H,3-6H2,1-2H3;2*1-5H2;;/t17-,18-,19+,20+;17-,18-,19-,20-;11-,12-,13+,14+;5*9-,10-,11+,12+;7-,8-,11+,12+;7-,8-,9+,10+;;;;/m1111111111..../s1. The summed E-state index contributed by atoms with van der Waals surface area (Å²) in [6, 6.07) is 18.4. The molecule has 26 rings (SSSR count). The van der Waals surface area contributed by atoms with E-state index in [0.29, 0.717) is 127 Å². The van der Waals surface area contributed by atoms with Crippen LogP contribution in [0.15, 0.2) is 48.5 Å². The maximum Gasteiger partial charge on any atom is 0.0660 e. The van der Waals surface area contributed by atoms with Gasteiger partial charge in [0, 0.05) is 56.8 Å². The summed E-state index contributed by atoms with van der Waals surface area (Å²) in [5.74, 6) is 0. The summed E-state index contributed by atoms with van der Waals surface area (Å²) in [6.07, 6.45) is 108. The van der Waals surface area contributed by atoms with Crippen molar-refractivity contribution in [2.45, 2.75) is 458 Å². The van der Waals surface area contributed by atoms with Crippen molar-refractivity contribution < 1.29 is 43.6 Å². The first-order valence-electron chi connectivity index (χ1n) is 62.5. The van der Waals surface area contributed by atoms with Crippen LogP contribution in [0.2, 0.25) is 0 Å². The van der Waals surface area contributed by atoms with Gasteiger partial charge in [-0.1, -0.05) is 199 Å². The minimum Gasteiger partial charge on any atom is -0.376 e. The van der Waals surface area contributed by atoms with Crippen molar-refractivity contribution in [3.8, 4) is 0 Å². The normalized spacial score (nSPS) is 43.2. The Morgan fingerprint density at radius 3 is 0.554 bits per heavy atom. The fourth-order valence-electron chi connectivity index (χ4n) is 32.9. The molecule has 4 aliphatic carbocycles. The van der Waals surface area contributed by atoms with Crippen LogP contribution < -0.4 is 0 Å². The second-order valence-electron chi connectivity index (χ2n) is 51.7. The third-order valence-corrected chi connectivity index (χ3v) is 99.8. The Hall–Kier alpha value is 8.00.